The van der Waals surface area contributed by atoms with Crippen LogP contribution in [0.3, 0.4) is 0 Å². The molecule has 0 saturated heterocycles. The van der Waals surface area contributed by atoms with Crippen molar-refractivity contribution in [3.63, 3.8) is 0 Å². The van der Waals surface area contributed by atoms with Crippen LogP contribution in [0.15, 0.2) is 24.3 Å². The van der Waals surface area contributed by atoms with Crippen molar-refractivity contribution in [1.29, 1.82) is 0 Å². The van der Waals surface area contributed by atoms with Crippen molar-refractivity contribution >= 4 is 17.4 Å². The van der Waals surface area contributed by atoms with Crippen molar-refractivity contribution in [3.05, 3.63) is 51.8 Å². The fourth-order valence-electron chi connectivity index (χ4n) is 1.85. The number of aromatic nitrogens is 2. The first kappa shape index (κ1) is 11.9. The topological polar surface area (TPSA) is 34.9 Å². The van der Waals surface area contributed by atoms with E-state index in [9.17, 15) is 4.79 Å². The van der Waals surface area contributed by atoms with Crippen LogP contribution in [0.1, 0.15) is 27.2 Å². The molecule has 0 atom stereocenters. The van der Waals surface area contributed by atoms with Crippen molar-refractivity contribution in [1.82, 2.24) is 9.78 Å². The zero-order valence-corrected chi connectivity index (χ0v) is 10.7. The Bertz CT molecular complexity index is 587. The summed E-state index contributed by atoms with van der Waals surface area (Å²) in [6.07, 6.45) is 0. The summed E-state index contributed by atoms with van der Waals surface area (Å²) in [5.74, 6) is -0.0706. The van der Waals surface area contributed by atoms with E-state index in [2.05, 4.69) is 5.10 Å². The van der Waals surface area contributed by atoms with Gasteiger partial charge in [-0.1, -0.05) is 35.9 Å². The monoisotopic (exact) mass is 248 g/mol. The minimum Gasteiger partial charge on any atom is -0.288 e. The molecular weight excluding hydrogens is 236 g/mol. The van der Waals surface area contributed by atoms with Gasteiger partial charge in [0.05, 0.1) is 11.3 Å². The lowest BCUT2D eigenvalue weighted by atomic mass is 10.00. The SMILES string of the molecule is Cc1ccccc1C(=O)c1c(C)nn(C)c1Cl. The maximum Gasteiger partial charge on any atom is 0.198 e. The van der Waals surface area contributed by atoms with Crippen LogP contribution in [0.2, 0.25) is 5.15 Å². The number of nitrogens with zero attached hydrogens (tertiary/aromatic N) is 2. The minimum absolute atomic E-state index is 0.0706. The Hall–Kier alpha value is -1.61. The molecule has 88 valence electrons. The quantitative estimate of drug-likeness (QED) is 0.766. The Kier molecular flexibility index (Phi) is 3.03. The third kappa shape index (κ3) is 1.98. The van der Waals surface area contributed by atoms with Crippen LogP contribution in [0.25, 0.3) is 0 Å². The van der Waals surface area contributed by atoms with E-state index in [1.54, 1.807) is 20.0 Å². The molecule has 0 saturated carbocycles. The highest BCUT2D eigenvalue weighted by Gasteiger charge is 2.21. The highest BCUT2D eigenvalue weighted by Crippen LogP contribution is 2.23. The van der Waals surface area contributed by atoms with Crippen molar-refractivity contribution in [2.24, 2.45) is 7.05 Å². The predicted molar refractivity (Wildman–Crippen MR) is 67.6 cm³/mol. The Balaban J connectivity index is 2.55. The van der Waals surface area contributed by atoms with Gasteiger partial charge in [0.25, 0.3) is 0 Å². The fraction of sp³-hybridized carbons (Fsp3) is 0.231. The number of aryl methyl sites for hydroxylation is 3. The molecule has 1 aromatic carbocycles. The molecule has 1 aromatic heterocycles. The van der Waals surface area contributed by atoms with E-state index in [-0.39, 0.29) is 5.78 Å². The van der Waals surface area contributed by atoms with Crippen LogP contribution in [0.4, 0.5) is 0 Å². The molecule has 0 aliphatic rings. The lowest BCUT2D eigenvalue weighted by Crippen LogP contribution is -2.05. The van der Waals surface area contributed by atoms with Gasteiger partial charge in [0, 0.05) is 12.6 Å². The van der Waals surface area contributed by atoms with E-state index in [0.717, 1.165) is 5.56 Å². The molecule has 0 radical (unpaired) electrons. The first-order valence-corrected chi connectivity index (χ1v) is 5.69. The molecule has 0 aliphatic carbocycles. The number of halogens is 1. The second kappa shape index (κ2) is 4.34. The van der Waals surface area contributed by atoms with Crippen LogP contribution >= 0.6 is 11.6 Å². The van der Waals surface area contributed by atoms with Gasteiger partial charge in [0.2, 0.25) is 0 Å². The highest BCUT2D eigenvalue weighted by molar-refractivity contribution is 6.34. The summed E-state index contributed by atoms with van der Waals surface area (Å²) in [6.45, 7) is 3.70. The molecular formula is C13H13ClN2O. The van der Waals surface area contributed by atoms with E-state index >= 15 is 0 Å². The minimum atomic E-state index is -0.0706. The lowest BCUT2D eigenvalue weighted by molar-refractivity contribution is 0.103. The number of hydrogen-bond acceptors (Lipinski definition) is 2. The van der Waals surface area contributed by atoms with Crippen molar-refractivity contribution < 1.29 is 4.79 Å². The van der Waals surface area contributed by atoms with Gasteiger partial charge in [-0.2, -0.15) is 5.10 Å². The molecule has 0 aliphatic heterocycles. The Labute approximate surface area is 105 Å². The third-order valence-corrected chi connectivity index (χ3v) is 3.20. The van der Waals surface area contributed by atoms with Gasteiger partial charge in [-0.25, -0.2) is 0 Å². The number of carbonyl (C=O) groups is 1. The number of ketones is 1. The van der Waals surface area contributed by atoms with Crippen molar-refractivity contribution in [2.45, 2.75) is 13.8 Å². The molecule has 0 spiro atoms. The number of rotatable bonds is 2. The van der Waals surface area contributed by atoms with Gasteiger partial charge in [-0.05, 0) is 19.4 Å². The molecule has 0 amide bonds. The number of carbonyl (C=O) groups excluding carboxylic acids is 1. The second-order valence-corrected chi connectivity index (χ2v) is 4.38. The normalized spacial score (nSPS) is 10.6. The summed E-state index contributed by atoms with van der Waals surface area (Å²) >= 11 is 6.09. The lowest BCUT2D eigenvalue weighted by Gasteiger charge is -2.04. The molecule has 0 unspecified atom stereocenters. The van der Waals surface area contributed by atoms with Gasteiger partial charge in [-0.3, -0.25) is 9.48 Å². The molecule has 3 nitrogen and oxygen atoms in total. The smallest absolute Gasteiger partial charge is 0.198 e. The highest BCUT2D eigenvalue weighted by atomic mass is 35.5. The fourth-order valence-corrected chi connectivity index (χ4v) is 2.11. The number of hydrogen-bond donors (Lipinski definition) is 0. The maximum atomic E-state index is 12.4. The molecule has 2 aromatic rings. The molecule has 0 N–H and O–H groups in total. The van der Waals surface area contributed by atoms with E-state index < -0.39 is 0 Å². The summed E-state index contributed by atoms with van der Waals surface area (Å²) in [6, 6.07) is 7.47. The van der Waals surface area contributed by atoms with Gasteiger partial charge < -0.3 is 0 Å². The number of benzene rings is 1. The summed E-state index contributed by atoms with van der Waals surface area (Å²) < 4.78 is 1.52. The molecule has 17 heavy (non-hydrogen) atoms. The Morgan fingerprint density at radius 2 is 1.94 bits per heavy atom. The largest absolute Gasteiger partial charge is 0.288 e. The van der Waals surface area contributed by atoms with Crippen molar-refractivity contribution in [2.75, 3.05) is 0 Å². The average molecular weight is 249 g/mol. The molecule has 0 bridgehead atoms. The second-order valence-electron chi connectivity index (χ2n) is 4.02. The summed E-state index contributed by atoms with van der Waals surface area (Å²) in [7, 11) is 1.73. The molecule has 4 heteroatoms. The maximum absolute atomic E-state index is 12.4. The third-order valence-electron chi connectivity index (χ3n) is 2.77. The van der Waals surface area contributed by atoms with Crippen LogP contribution < -0.4 is 0 Å². The Morgan fingerprint density at radius 1 is 1.29 bits per heavy atom. The summed E-state index contributed by atoms with van der Waals surface area (Å²) in [5.41, 5.74) is 2.76. The zero-order valence-electron chi connectivity index (χ0n) is 9.99. The summed E-state index contributed by atoms with van der Waals surface area (Å²) in [5, 5.41) is 4.54. The average Bonchev–Trinajstić information content (AvgIpc) is 2.53. The van der Waals surface area contributed by atoms with E-state index in [1.165, 1.54) is 4.68 Å². The van der Waals surface area contributed by atoms with Crippen LogP contribution in [0, 0.1) is 13.8 Å². The Morgan fingerprint density at radius 3 is 2.47 bits per heavy atom. The standard InChI is InChI=1S/C13H13ClN2O/c1-8-6-4-5-7-10(8)12(17)11-9(2)15-16(3)13(11)14/h4-7H,1-3H3. The van der Waals surface area contributed by atoms with Crippen LogP contribution in [0.5, 0.6) is 0 Å². The van der Waals surface area contributed by atoms with E-state index in [0.29, 0.717) is 22.0 Å². The van der Waals surface area contributed by atoms with E-state index in [1.807, 2.05) is 25.1 Å². The van der Waals surface area contributed by atoms with Gasteiger partial charge in [0.1, 0.15) is 5.15 Å². The first-order chi connectivity index (χ1) is 8.02. The van der Waals surface area contributed by atoms with Crippen LogP contribution in [-0.2, 0) is 7.05 Å². The van der Waals surface area contributed by atoms with Gasteiger partial charge in [-0.15, -0.1) is 0 Å². The van der Waals surface area contributed by atoms with Gasteiger partial charge >= 0.3 is 0 Å². The molecule has 0 fully saturated rings. The molecule has 1 heterocycles. The first-order valence-electron chi connectivity index (χ1n) is 5.31. The molecule has 2 rings (SSSR count). The predicted octanol–water partition coefficient (Wildman–Crippen LogP) is 2.92. The van der Waals surface area contributed by atoms with Crippen LogP contribution in [-0.4, -0.2) is 15.6 Å². The van der Waals surface area contributed by atoms with Gasteiger partial charge in [0.15, 0.2) is 5.78 Å². The zero-order chi connectivity index (χ0) is 12.6. The van der Waals surface area contributed by atoms with Crippen molar-refractivity contribution in [3.8, 4) is 0 Å². The van der Waals surface area contributed by atoms with E-state index in [4.69, 9.17) is 11.6 Å². The summed E-state index contributed by atoms with van der Waals surface area (Å²) in [4.78, 5) is 12.4.